The highest BCUT2D eigenvalue weighted by atomic mass is 32.2. The largest absolute Gasteiger partial charge is 0.496 e. The second-order valence-electron chi connectivity index (χ2n) is 6.25. The van der Waals surface area contributed by atoms with E-state index in [1.165, 1.54) is 7.11 Å². The van der Waals surface area contributed by atoms with Crippen molar-refractivity contribution in [3.63, 3.8) is 0 Å². The monoisotopic (exact) mass is 376 g/mol. The van der Waals surface area contributed by atoms with Gasteiger partial charge in [0.1, 0.15) is 11.6 Å². The Morgan fingerprint density at radius 3 is 2.92 bits per heavy atom. The van der Waals surface area contributed by atoms with Crippen LogP contribution in [0.1, 0.15) is 40.5 Å². The third-order valence-electron chi connectivity index (χ3n) is 4.59. The fourth-order valence-corrected chi connectivity index (χ4v) is 4.05. The number of aromatic nitrogens is 3. The Bertz CT molecular complexity index is 772. The smallest absolute Gasteiger partial charge is 0.337 e. The van der Waals surface area contributed by atoms with Crippen LogP contribution in [-0.2, 0) is 17.5 Å². The van der Waals surface area contributed by atoms with Gasteiger partial charge in [-0.25, -0.2) is 4.79 Å². The summed E-state index contributed by atoms with van der Waals surface area (Å²) in [6.45, 7) is 2.03. The fourth-order valence-electron chi connectivity index (χ4n) is 3.16. The van der Waals surface area contributed by atoms with Crippen molar-refractivity contribution < 1.29 is 14.3 Å². The molecule has 1 aliphatic rings. The number of hydrogen-bond donors (Lipinski definition) is 1. The highest BCUT2D eigenvalue weighted by Crippen LogP contribution is 2.30. The van der Waals surface area contributed by atoms with Crippen LogP contribution in [0.25, 0.3) is 0 Å². The van der Waals surface area contributed by atoms with Gasteiger partial charge in [0.05, 0.1) is 19.8 Å². The van der Waals surface area contributed by atoms with Gasteiger partial charge in [0, 0.05) is 30.8 Å². The molecule has 0 spiro atoms. The lowest BCUT2D eigenvalue weighted by molar-refractivity contribution is 0.0600. The summed E-state index contributed by atoms with van der Waals surface area (Å²) in [7, 11) is 5.01. The van der Waals surface area contributed by atoms with Gasteiger partial charge in [-0.3, -0.25) is 0 Å². The first kappa shape index (κ1) is 18.7. The minimum Gasteiger partial charge on any atom is -0.496 e. The van der Waals surface area contributed by atoms with Gasteiger partial charge in [0.15, 0.2) is 5.16 Å². The van der Waals surface area contributed by atoms with Crippen LogP contribution in [0.4, 0.5) is 0 Å². The summed E-state index contributed by atoms with van der Waals surface area (Å²) in [5.41, 5.74) is 1.43. The van der Waals surface area contributed by atoms with E-state index >= 15 is 0 Å². The van der Waals surface area contributed by atoms with Crippen molar-refractivity contribution in [2.75, 3.05) is 27.3 Å². The van der Waals surface area contributed by atoms with Crippen LogP contribution in [-0.4, -0.2) is 48.0 Å². The van der Waals surface area contributed by atoms with Gasteiger partial charge >= 0.3 is 5.97 Å². The molecule has 1 unspecified atom stereocenters. The van der Waals surface area contributed by atoms with Gasteiger partial charge in [-0.05, 0) is 37.6 Å². The van der Waals surface area contributed by atoms with E-state index in [0.717, 1.165) is 48.2 Å². The molecule has 2 aromatic rings. The molecule has 1 fully saturated rings. The summed E-state index contributed by atoms with van der Waals surface area (Å²) in [5.74, 6) is 2.44. The van der Waals surface area contributed by atoms with E-state index in [9.17, 15) is 4.79 Å². The first-order chi connectivity index (χ1) is 12.6. The Morgan fingerprint density at radius 2 is 2.23 bits per heavy atom. The number of piperidine rings is 1. The number of carbonyl (C=O) groups excluding carboxylic acids is 1. The highest BCUT2D eigenvalue weighted by Gasteiger charge is 2.22. The number of benzene rings is 1. The Kier molecular flexibility index (Phi) is 6.16. The fraction of sp³-hybridized carbons (Fsp3) is 0.500. The van der Waals surface area contributed by atoms with Crippen molar-refractivity contribution in [2.24, 2.45) is 7.05 Å². The number of methoxy groups -OCH3 is 2. The highest BCUT2D eigenvalue weighted by molar-refractivity contribution is 7.98. The third-order valence-corrected chi connectivity index (χ3v) is 5.66. The molecule has 1 N–H and O–H groups in total. The lowest BCUT2D eigenvalue weighted by Gasteiger charge is -2.21. The van der Waals surface area contributed by atoms with Crippen molar-refractivity contribution in [1.29, 1.82) is 0 Å². The average molecular weight is 376 g/mol. The van der Waals surface area contributed by atoms with Crippen LogP contribution in [0.5, 0.6) is 5.75 Å². The quantitative estimate of drug-likeness (QED) is 0.612. The van der Waals surface area contributed by atoms with Crippen LogP contribution >= 0.6 is 11.8 Å². The summed E-state index contributed by atoms with van der Waals surface area (Å²) in [4.78, 5) is 11.8. The number of ether oxygens (including phenoxy) is 2. The summed E-state index contributed by atoms with van der Waals surface area (Å²) in [5, 5.41) is 13.0. The van der Waals surface area contributed by atoms with Gasteiger partial charge < -0.3 is 19.4 Å². The van der Waals surface area contributed by atoms with Crippen LogP contribution in [0.15, 0.2) is 23.4 Å². The number of nitrogens with one attached hydrogen (secondary N) is 1. The molecule has 0 aliphatic carbocycles. The van der Waals surface area contributed by atoms with Crippen LogP contribution < -0.4 is 10.1 Å². The lowest BCUT2D eigenvalue weighted by atomic mass is 9.99. The maximum Gasteiger partial charge on any atom is 0.337 e. The van der Waals surface area contributed by atoms with Gasteiger partial charge in [-0.2, -0.15) is 0 Å². The van der Waals surface area contributed by atoms with E-state index in [2.05, 4.69) is 20.1 Å². The molecule has 1 aromatic heterocycles. The van der Waals surface area contributed by atoms with Crippen molar-refractivity contribution in [1.82, 2.24) is 20.1 Å². The van der Waals surface area contributed by atoms with Crippen molar-refractivity contribution in [3.8, 4) is 5.75 Å². The molecule has 0 saturated carbocycles. The molecule has 0 radical (unpaired) electrons. The molecule has 3 rings (SSSR count). The summed E-state index contributed by atoms with van der Waals surface area (Å²) in [6.07, 6.45) is 2.30. The summed E-state index contributed by atoms with van der Waals surface area (Å²) >= 11 is 1.58. The van der Waals surface area contributed by atoms with Gasteiger partial charge in [-0.15, -0.1) is 10.2 Å². The van der Waals surface area contributed by atoms with Crippen LogP contribution in [0, 0.1) is 0 Å². The van der Waals surface area contributed by atoms with Crippen LogP contribution in [0.3, 0.4) is 0 Å². The molecule has 2 heterocycles. The molecular weight excluding hydrogens is 352 g/mol. The molecule has 0 amide bonds. The third kappa shape index (κ3) is 4.02. The molecule has 1 aliphatic heterocycles. The molecule has 7 nitrogen and oxygen atoms in total. The molecule has 1 atom stereocenters. The van der Waals surface area contributed by atoms with Crippen LogP contribution in [0.2, 0.25) is 0 Å². The normalized spacial score (nSPS) is 17.1. The molecular formula is C18H24N4O3S. The molecule has 140 valence electrons. The van der Waals surface area contributed by atoms with E-state index in [1.54, 1.807) is 37.1 Å². The SMILES string of the molecule is COC(=O)c1ccc(OC)c(CSc2nnc(C3CCCNC3)n2C)c1. The van der Waals surface area contributed by atoms with E-state index in [0.29, 0.717) is 17.2 Å². The Morgan fingerprint density at radius 1 is 1.38 bits per heavy atom. The molecule has 0 bridgehead atoms. The second-order valence-corrected chi connectivity index (χ2v) is 7.19. The zero-order chi connectivity index (χ0) is 18.5. The number of rotatable bonds is 6. The van der Waals surface area contributed by atoms with Crippen molar-refractivity contribution >= 4 is 17.7 Å². The van der Waals surface area contributed by atoms with Gasteiger partial charge in [-0.1, -0.05) is 11.8 Å². The number of hydrogen-bond acceptors (Lipinski definition) is 7. The van der Waals surface area contributed by atoms with E-state index in [1.807, 2.05) is 7.05 Å². The van der Waals surface area contributed by atoms with Crippen molar-refractivity contribution in [2.45, 2.75) is 29.7 Å². The summed E-state index contributed by atoms with van der Waals surface area (Å²) < 4.78 is 12.3. The van der Waals surface area contributed by atoms with Gasteiger partial charge in [0.2, 0.25) is 0 Å². The number of esters is 1. The zero-order valence-electron chi connectivity index (χ0n) is 15.3. The zero-order valence-corrected chi connectivity index (χ0v) is 16.1. The number of nitrogens with zero attached hydrogens (tertiary/aromatic N) is 3. The van der Waals surface area contributed by atoms with E-state index in [4.69, 9.17) is 9.47 Å². The standard InChI is InChI=1S/C18H24N4O3S/c1-22-16(13-5-4-8-19-10-13)20-21-18(22)26-11-14-9-12(17(23)25-3)6-7-15(14)24-2/h6-7,9,13,19H,4-5,8,10-11H2,1-3H3. The molecule has 1 aromatic carbocycles. The minimum atomic E-state index is -0.357. The van der Waals surface area contributed by atoms with Gasteiger partial charge in [0.25, 0.3) is 0 Å². The average Bonchev–Trinajstić information content (AvgIpc) is 3.06. The van der Waals surface area contributed by atoms with E-state index < -0.39 is 0 Å². The summed E-state index contributed by atoms with van der Waals surface area (Å²) in [6, 6.07) is 5.30. The number of thioether (sulfide) groups is 1. The molecule has 1 saturated heterocycles. The number of carbonyl (C=O) groups is 1. The Labute approximate surface area is 157 Å². The second kappa shape index (κ2) is 8.55. The minimum absolute atomic E-state index is 0.357. The molecule has 26 heavy (non-hydrogen) atoms. The molecule has 8 heteroatoms. The predicted molar refractivity (Wildman–Crippen MR) is 99.7 cm³/mol. The Hall–Kier alpha value is -2.06. The van der Waals surface area contributed by atoms with E-state index in [-0.39, 0.29) is 5.97 Å². The Balaban J connectivity index is 1.74. The maximum absolute atomic E-state index is 11.8. The van der Waals surface area contributed by atoms with Crippen molar-refractivity contribution in [3.05, 3.63) is 35.2 Å². The lowest BCUT2D eigenvalue weighted by Crippen LogP contribution is -2.29. The first-order valence-electron chi connectivity index (χ1n) is 8.62. The maximum atomic E-state index is 11.8. The first-order valence-corrected chi connectivity index (χ1v) is 9.60. The topological polar surface area (TPSA) is 78.3 Å². The predicted octanol–water partition coefficient (Wildman–Crippen LogP) is 2.37.